The van der Waals surface area contributed by atoms with Crippen molar-refractivity contribution < 1.29 is 104 Å². The molecule has 20 heavy (non-hydrogen) atoms. The van der Waals surface area contributed by atoms with Crippen LogP contribution >= 0.6 is 12.2 Å². The Hall–Kier alpha value is 0.495. The van der Waals surface area contributed by atoms with E-state index in [0.29, 0.717) is 0 Å². The Morgan fingerprint density at radius 1 is 0.950 bits per heavy atom. The number of carbonyl (C=O) groups is 2. The van der Waals surface area contributed by atoms with Crippen LogP contribution in [0.5, 0.6) is 0 Å². The maximum Gasteiger partial charge on any atom is 1.00 e. The molecule has 106 valence electrons. The minimum Gasteiger partial charge on any atom is -0.547 e. The molecule has 0 saturated heterocycles. The van der Waals surface area contributed by atoms with E-state index in [-0.39, 0.29) is 64.2 Å². The number of hydrogen-bond donors (Lipinski definition) is 7. The van der Waals surface area contributed by atoms with Crippen LogP contribution in [0.2, 0.25) is 0 Å². The van der Waals surface area contributed by atoms with Gasteiger partial charge >= 0.3 is 66.4 Å². The molecule has 0 rings (SSSR count). The molecule has 9 N–H and O–H groups in total. The van der Waals surface area contributed by atoms with Crippen molar-refractivity contribution in [2.75, 3.05) is 0 Å². The third kappa shape index (κ3) is 36.3. The van der Waals surface area contributed by atoms with Gasteiger partial charge < -0.3 is 56.6 Å². The molecule has 0 aromatic heterocycles. The number of aliphatic hydroxyl groups is 2. The van der Waals surface area contributed by atoms with Crippen LogP contribution in [0.3, 0.4) is 0 Å². The smallest absolute Gasteiger partial charge is 0.547 e. The van der Waals surface area contributed by atoms with Crippen LogP contribution in [0.15, 0.2) is 0 Å². The van der Waals surface area contributed by atoms with Crippen molar-refractivity contribution in [2.45, 2.75) is 12.2 Å². The van der Waals surface area contributed by atoms with E-state index in [1.807, 2.05) is 0 Å². The number of carboxylic acid groups (broad SMARTS) is 2. The predicted octanol–water partition coefficient (Wildman–Crippen LogP) is -13.6. The molecular formula is C5H11BN2Na2O9S. The molecule has 0 aliphatic heterocycles. The van der Waals surface area contributed by atoms with Gasteiger partial charge in [0.2, 0.25) is 0 Å². The molecule has 0 aromatic carbocycles. The molecule has 0 radical (unpaired) electrons. The van der Waals surface area contributed by atoms with E-state index in [0.717, 1.165) is 0 Å². The largest absolute Gasteiger partial charge is 1.00 e. The minimum absolute atomic E-state index is 0. The van der Waals surface area contributed by atoms with Gasteiger partial charge in [-0.2, -0.15) is 0 Å². The van der Waals surface area contributed by atoms with Gasteiger partial charge in [0.1, 0.15) is 12.2 Å². The summed E-state index contributed by atoms with van der Waals surface area (Å²) in [7, 11) is -2.17. The maximum absolute atomic E-state index is 9.63. The summed E-state index contributed by atoms with van der Waals surface area (Å²) in [4.78, 5) is 19.3. The summed E-state index contributed by atoms with van der Waals surface area (Å²) < 4.78 is 0. The number of thiocarbonyl (C=S) groups is 1. The normalized spacial score (nSPS) is 10.4. The summed E-state index contributed by atoms with van der Waals surface area (Å²) in [5, 5.41) is 57.2. The Kier molecular flexibility index (Phi) is 31.6. The zero-order valence-electron chi connectivity index (χ0n) is 10.7. The summed E-state index contributed by atoms with van der Waals surface area (Å²) in [6, 6.07) is 0. The topological polar surface area (TPSA) is 233 Å². The SMILES string of the molecule is NC(N)=S.O=C([O-])C(O)C(O)C(=O)[O-].OB(O)O.[Na+].[Na+]. The van der Waals surface area contributed by atoms with E-state index in [2.05, 4.69) is 23.7 Å². The van der Waals surface area contributed by atoms with Crippen molar-refractivity contribution in [3.05, 3.63) is 0 Å². The second-order valence-electron chi connectivity index (χ2n) is 2.28. The van der Waals surface area contributed by atoms with Crippen LogP contribution in [0.25, 0.3) is 0 Å². The van der Waals surface area contributed by atoms with Gasteiger partial charge in [0.25, 0.3) is 0 Å². The summed E-state index contributed by atoms with van der Waals surface area (Å²) in [6.07, 6.45) is -4.88. The van der Waals surface area contributed by atoms with Crippen molar-refractivity contribution in [2.24, 2.45) is 11.5 Å². The molecule has 0 saturated carbocycles. The van der Waals surface area contributed by atoms with Gasteiger partial charge in [0.15, 0.2) is 5.11 Å². The Balaban J connectivity index is -0.0000000637. The molecule has 11 nitrogen and oxygen atoms in total. The van der Waals surface area contributed by atoms with Crippen molar-refractivity contribution >= 4 is 36.6 Å². The molecule has 15 heteroatoms. The second kappa shape index (κ2) is 19.5. The van der Waals surface area contributed by atoms with Crippen molar-refractivity contribution in [1.29, 1.82) is 0 Å². The van der Waals surface area contributed by atoms with E-state index in [1.165, 1.54) is 0 Å². The molecule has 0 heterocycles. The fourth-order valence-electron chi connectivity index (χ4n) is 0.258. The molecule has 2 atom stereocenters. The van der Waals surface area contributed by atoms with Gasteiger partial charge in [0.05, 0.1) is 11.9 Å². The van der Waals surface area contributed by atoms with Gasteiger partial charge in [-0.1, -0.05) is 0 Å². The fourth-order valence-corrected chi connectivity index (χ4v) is 0.258. The summed E-state index contributed by atoms with van der Waals surface area (Å²) in [5.74, 6) is -4.12. The number of nitrogens with two attached hydrogens (primary N) is 2. The van der Waals surface area contributed by atoms with E-state index < -0.39 is 31.5 Å². The Morgan fingerprint density at radius 3 is 1.10 bits per heavy atom. The number of carboxylic acids is 2. The summed E-state index contributed by atoms with van der Waals surface area (Å²) >= 11 is 4.09. The van der Waals surface area contributed by atoms with Gasteiger partial charge in [-0.05, 0) is 12.2 Å². The van der Waals surface area contributed by atoms with Crippen LogP contribution in [0.1, 0.15) is 0 Å². The second-order valence-corrected chi connectivity index (χ2v) is 2.75. The average molecular weight is 332 g/mol. The van der Waals surface area contributed by atoms with Crippen molar-refractivity contribution in [3.8, 4) is 0 Å². The zero-order chi connectivity index (χ0) is 15.5. The monoisotopic (exact) mass is 332 g/mol. The predicted molar refractivity (Wildman–Crippen MR) is 55.4 cm³/mol. The molecule has 0 aliphatic carbocycles. The quantitative estimate of drug-likeness (QED) is 0.188. The van der Waals surface area contributed by atoms with Crippen LogP contribution in [0, 0.1) is 0 Å². The van der Waals surface area contributed by atoms with Crippen LogP contribution in [0.4, 0.5) is 0 Å². The number of aliphatic carboxylic acids is 2. The number of carbonyl (C=O) groups excluding carboxylic acids is 2. The Bertz CT molecular complexity index is 260. The number of aliphatic hydroxyl groups excluding tert-OH is 2. The van der Waals surface area contributed by atoms with E-state index >= 15 is 0 Å². The number of rotatable bonds is 3. The van der Waals surface area contributed by atoms with Crippen LogP contribution in [-0.4, -0.2) is 61.9 Å². The Morgan fingerprint density at radius 2 is 1.05 bits per heavy atom. The van der Waals surface area contributed by atoms with E-state index in [4.69, 9.17) is 25.3 Å². The minimum atomic E-state index is -2.44. The third-order valence-electron chi connectivity index (χ3n) is 0.782. The maximum atomic E-state index is 9.63. The van der Waals surface area contributed by atoms with Crippen molar-refractivity contribution in [3.63, 3.8) is 0 Å². The van der Waals surface area contributed by atoms with Gasteiger partial charge in [-0.15, -0.1) is 0 Å². The summed E-state index contributed by atoms with van der Waals surface area (Å²) in [6.45, 7) is 0. The zero-order valence-corrected chi connectivity index (χ0v) is 15.5. The first-order chi connectivity index (χ1) is 7.93. The van der Waals surface area contributed by atoms with E-state index in [9.17, 15) is 19.8 Å². The van der Waals surface area contributed by atoms with Gasteiger partial charge in [-0.3, -0.25) is 0 Å². The van der Waals surface area contributed by atoms with Gasteiger partial charge in [-0.25, -0.2) is 0 Å². The molecule has 0 aromatic rings. The standard InChI is InChI=1S/C4H6O6.CH4N2S.BH3O3.2Na/c5-1(3(7)8)2(6)4(9)10;2*2-1(3)4;;/h1-2,5-6H,(H,7,8)(H,9,10);(H4,2,3,4);2-4H;;/q;;;2*+1/p-2. The molecular weight excluding hydrogens is 321 g/mol. The van der Waals surface area contributed by atoms with Gasteiger partial charge in [0, 0.05) is 0 Å². The van der Waals surface area contributed by atoms with E-state index in [1.54, 1.807) is 0 Å². The van der Waals surface area contributed by atoms with Crippen LogP contribution < -0.4 is 80.8 Å². The third-order valence-corrected chi connectivity index (χ3v) is 0.782. The van der Waals surface area contributed by atoms with Crippen LogP contribution in [-0.2, 0) is 9.59 Å². The molecule has 0 fully saturated rings. The molecule has 0 spiro atoms. The average Bonchev–Trinajstić information content (AvgIpc) is 2.13. The first-order valence-corrected chi connectivity index (χ1v) is 4.21. The first-order valence-electron chi connectivity index (χ1n) is 3.80. The molecule has 0 aliphatic rings. The summed E-state index contributed by atoms with van der Waals surface area (Å²) in [5.41, 5.74) is 9.24. The molecule has 2 unspecified atom stereocenters. The number of hydrogen-bond acceptors (Lipinski definition) is 10. The first kappa shape index (κ1) is 32.4. The van der Waals surface area contributed by atoms with Crippen molar-refractivity contribution in [1.82, 2.24) is 0 Å². The fraction of sp³-hybridized carbons (Fsp3) is 0.400. The Labute approximate surface area is 163 Å². The molecule has 0 bridgehead atoms. The molecule has 0 amide bonds.